The molecule has 1 aliphatic rings. The van der Waals surface area contributed by atoms with Gasteiger partial charge in [-0.3, -0.25) is 0 Å². The van der Waals surface area contributed by atoms with Crippen LogP contribution < -0.4 is 5.32 Å². The number of nitrogens with one attached hydrogen (secondary N) is 1. The van der Waals surface area contributed by atoms with Crippen molar-refractivity contribution in [2.24, 2.45) is 0 Å². The summed E-state index contributed by atoms with van der Waals surface area (Å²) in [7, 11) is 0. The topological polar surface area (TPSA) is 12.0 Å². The van der Waals surface area contributed by atoms with Gasteiger partial charge in [-0.1, -0.05) is 6.42 Å². The average Bonchev–Trinajstić information content (AvgIpc) is 1.94. The van der Waals surface area contributed by atoms with Crippen LogP contribution in [0.5, 0.6) is 0 Å². The van der Waals surface area contributed by atoms with E-state index in [-0.39, 0.29) is 0 Å². The van der Waals surface area contributed by atoms with Crippen molar-refractivity contribution in [3.63, 3.8) is 0 Å². The molecule has 0 aromatic heterocycles. The molecule has 1 N–H and O–H groups in total. The minimum absolute atomic E-state index is 0. The van der Waals surface area contributed by atoms with Gasteiger partial charge in [-0.25, -0.2) is 0 Å². The standard InChI is InChI=1S/C7H14N.Lr/c1-7-3-2-5-8-6-4-7;/h8H,2-6H2,1H3;/q-1;. The monoisotopic (exact) mass is 374 g/mol. The van der Waals surface area contributed by atoms with Crippen LogP contribution in [-0.2, 0) is 0 Å². The molecule has 0 aromatic rings. The van der Waals surface area contributed by atoms with Crippen LogP contribution in [-0.4, -0.2) is 13.1 Å². The summed E-state index contributed by atoms with van der Waals surface area (Å²) in [6, 6.07) is 0. The van der Waals surface area contributed by atoms with Gasteiger partial charge in [0.2, 0.25) is 0 Å². The summed E-state index contributed by atoms with van der Waals surface area (Å²) in [5, 5.41) is 3.36. The van der Waals surface area contributed by atoms with Crippen molar-refractivity contribution in [3.8, 4) is 0 Å². The number of hydrogen-bond acceptors (Lipinski definition) is 1. The zero-order chi connectivity index (χ0) is 5.82. The van der Waals surface area contributed by atoms with Gasteiger partial charge in [0.15, 0.2) is 0 Å². The van der Waals surface area contributed by atoms with Gasteiger partial charge in [-0.2, -0.15) is 19.8 Å². The van der Waals surface area contributed by atoms with Crippen molar-refractivity contribution in [3.05, 3.63) is 5.92 Å². The van der Waals surface area contributed by atoms with E-state index in [1.54, 1.807) is 5.92 Å². The van der Waals surface area contributed by atoms with E-state index in [1.165, 1.54) is 32.4 Å². The minimum atomic E-state index is 0. The van der Waals surface area contributed by atoms with Crippen LogP contribution in [0.1, 0.15) is 26.2 Å². The third-order valence-electron chi connectivity index (χ3n) is 1.69. The second-order valence-corrected chi connectivity index (χ2v) is 2.56. The first-order chi connectivity index (χ1) is 3.89. The molecule has 1 nitrogen and oxygen atoms in total. The summed E-state index contributed by atoms with van der Waals surface area (Å²) in [6.07, 6.45) is 3.97. The fraction of sp³-hybridized carbons (Fsp3) is 0.857. The zero-order valence-corrected chi connectivity index (χ0v) is 7.94. The van der Waals surface area contributed by atoms with E-state index in [9.17, 15) is 0 Å². The van der Waals surface area contributed by atoms with Gasteiger partial charge in [0.05, 0.1) is 0 Å². The molecule has 0 atom stereocenters. The van der Waals surface area contributed by atoms with Crippen LogP contribution in [0, 0.1) is 5.92 Å². The second-order valence-electron chi connectivity index (χ2n) is 2.56. The van der Waals surface area contributed by atoms with Crippen LogP contribution in [0.3, 0.4) is 0 Å². The summed E-state index contributed by atoms with van der Waals surface area (Å²) >= 11 is 0. The largest absolute Gasteiger partial charge is 0.319 e. The Morgan fingerprint density at radius 1 is 1.22 bits per heavy atom. The zero-order valence-electron chi connectivity index (χ0n) is 5.79. The van der Waals surface area contributed by atoms with Crippen molar-refractivity contribution >= 4 is 0 Å². The molecule has 1 radical (unpaired) electrons. The molecule has 0 aliphatic carbocycles. The maximum atomic E-state index is 3.36. The smallest absolute Gasteiger partial charge is 0 e. The van der Waals surface area contributed by atoms with E-state index >= 15 is 0 Å². The minimum Gasteiger partial charge on any atom is -0.319 e. The maximum absolute atomic E-state index is 3.36. The normalized spacial score (nSPS) is 22.3. The predicted octanol–water partition coefficient (Wildman–Crippen LogP) is 1.35. The average molecular weight is 374 g/mol. The third-order valence-corrected chi connectivity index (χ3v) is 1.69. The Bertz CT molecular complexity index is 57.9. The molecule has 0 bridgehead atoms. The molecule has 0 saturated carbocycles. The molecular formula is C7H14LrN-. The maximum Gasteiger partial charge on any atom is 0 e. The molecule has 1 heterocycles. The van der Waals surface area contributed by atoms with Gasteiger partial charge in [0, 0.05) is 0 Å². The van der Waals surface area contributed by atoms with E-state index in [4.69, 9.17) is 0 Å². The first-order valence-electron chi connectivity index (χ1n) is 3.41. The molecule has 0 amide bonds. The molecule has 0 spiro atoms. The van der Waals surface area contributed by atoms with E-state index in [0.29, 0.717) is 0 Å². The van der Waals surface area contributed by atoms with E-state index < -0.39 is 0 Å². The van der Waals surface area contributed by atoms with Gasteiger partial charge in [0.1, 0.15) is 0 Å². The predicted molar refractivity (Wildman–Crippen MR) is 35.6 cm³/mol. The number of rotatable bonds is 0. The summed E-state index contributed by atoms with van der Waals surface area (Å²) in [6.45, 7) is 4.68. The van der Waals surface area contributed by atoms with Crippen molar-refractivity contribution < 1.29 is 0 Å². The van der Waals surface area contributed by atoms with Crippen LogP contribution in [0.4, 0.5) is 0 Å². The Morgan fingerprint density at radius 3 is 2.78 bits per heavy atom. The van der Waals surface area contributed by atoms with E-state index in [0.717, 1.165) is 0 Å². The molecule has 1 rings (SSSR count). The second kappa shape index (κ2) is 3.90. The fourth-order valence-electron chi connectivity index (χ4n) is 1.07. The molecule has 63 valence electrons. The molecule has 1 aliphatic heterocycles. The Hall–Kier alpha value is -1.04. The first-order valence-corrected chi connectivity index (χ1v) is 3.41. The quantitative estimate of drug-likeness (QED) is 0.632. The van der Waals surface area contributed by atoms with Crippen molar-refractivity contribution in [2.45, 2.75) is 26.2 Å². The fourth-order valence-corrected chi connectivity index (χ4v) is 1.07. The van der Waals surface area contributed by atoms with Gasteiger partial charge in [-0.05, 0) is 13.1 Å². The van der Waals surface area contributed by atoms with Crippen LogP contribution in [0.15, 0.2) is 0 Å². The van der Waals surface area contributed by atoms with Crippen LogP contribution >= 0.6 is 0 Å². The van der Waals surface area contributed by atoms with Gasteiger partial charge in [-0.15, -0.1) is 0 Å². The van der Waals surface area contributed by atoms with Crippen molar-refractivity contribution in [1.82, 2.24) is 5.32 Å². The molecule has 1 fully saturated rings. The number of hydrogen-bond donors (Lipinski definition) is 1. The summed E-state index contributed by atoms with van der Waals surface area (Å²) in [5.74, 6) is 1.66. The third kappa shape index (κ3) is 2.70. The summed E-state index contributed by atoms with van der Waals surface area (Å²) in [4.78, 5) is 0. The summed E-state index contributed by atoms with van der Waals surface area (Å²) in [5.41, 5.74) is 0. The van der Waals surface area contributed by atoms with Crippen LogP contribution in [0.2, 0.25) is 0 Å². The SMILES string of the molecule is C[C-]1CCCNCC1.[Lr]. The Balaban J connectivity index is 0.000000640. The molecule has 2 heteroatoms. The Morgan fingerprint density at radius 2 is 2.00 bits per heavy atom. The molecule has 0 unspecified atom stereocenters. The summed E-state index contributed by atoms with van der Waals surface area (Å²) < 4.78 is 0. The van der Waals surface area contributed by atoms with E-state index in [1.807, 2.05) is 0 Å². The van der Waals surface area contributed by atoms with E-state index in [2.05, 4.69) is 12.2 Å². The Labute approximate surface area is 51.5 Å². The first kappa shape index (κ1) is 7.96. The Kier molecular flexibility index (Phi) is 3.45. The molecule has 9 heavy (non-hydrogen) atoms. The van der Waals surface area contributed by atoms with Gasteiger partial charge in [0.25, 0.3) is 0 Å². The van der Waals surface area contributed by atoms with Gasteiger partial charge >= 0.3 is 0 Å². The molecule has 0 aromatic carbocycles. The molecule has 1 saturated heterocycles. The van der Waals surface area contributed by atoms with Crippen LogP contribution in [0.25, 0.3) is 0 Å². The van der Waals surface area contributed by atoms with Gasteiger partial charge < -0.3 is 11.2 Å². The molecular weight excluding hydrogens is 360 g/mol. The van der Waals surface area contributed by atoms with Crippen molar-refractivity contribution in [2.75, 3.05) is 13.1 Å². The van der Waals surface area contributed by atoms with Crippen molar-refractivity contribution in [1.29, 1.82) is 0 Å².